The lowest BCUT2D eigenvalue weighted by molar-refractivity contribution is 0.0746. The van der Waals surface area contributed by atoms with Crippen LogP contribution in [0, 0.1) is 0 Å². The van der Waals surface area contributed by atoms with E-state index in [0.29, 0.717) is 16.8 Å². The van der Waals surface area contributed by atoms with Crippen LogP contribution >= 0.6 is 22.9 Å². The van der Waals surface area contributed by atoms with E-state index in [0.717, 1.165) is 35.6 Å². The molecule has 0 saturated heterocycles. The number of thiazole rings is 1. The van der Waals surface area contributed by atoms with Crippen molar-refractivity contribution >= 4 is 33.8 Å². The minimum Gasteiger partial charge on any atom is -0.335 e. The monoisotopic (exact) mass is 345 g/mol. The zero-order valence-corrected chi connectivity index (χ0v) is 14.3. The van der Waals surface area contributed by atoms with Gasteiger partial charge < -0.3 is 4.90 Å². The molecule has 23 heavy (non-hydrogen) atoms. The second-order valence-corrected chi connectivity index (χ2v) is 7.00. The fourth-order valence-electron chi connectivity index (χ4n) is 2.80. The Balaban J connectivity index is 1.71. The Morgan fingerprint density at radius 1 is 1.39 bits per heavy atom. The third-order valence-electron chi connectivity index (χ3n) is 4.16. The van der Waals surface area contributed by atoms with Gasteiger partial charge in [0.2, 0.25) is 0 Å². The quantitative estimate of drug-likeness (QED) is 0.705. The van der Waals surface area contributed by atoms with E-state index in [4.69, 9.17) is 11.6 Å². The normalized spacial score (nSPS) is 14.3. The van der Waals surface area contributed by atoms with Crippen LogP contribution in [0.4, 0.5) is 0 Å². The average Bonchev–Trinajstić information content (AvgIpc) is 3.16. The standard InChI is InChI=1S/C17H16ClN3OS/c1-2-20(13-7-8-13)16(22)15-10-23-17-19-14(9-21(15)17)11-3-5-12(18)6-4-11/h3-6,9-10,13H,2,7-8H2,1H3. The van der Waals surface area contributed by atoms with Crippen LogP contribution in [0.3, 0.4) is 0 Å². The summed E-state index contributed by atoms with van der Waals surface area (Å²) in [6.07, 6.45) is 4.17. The van der Waals surface area contributed by atoms with Gasteiger partial charge in [-0.3, -0.25) is 9.20 Å². The van der Waals surface area contributed by atoms with Gasteiger partial charge in [0.05, 0.1) is 5.69 Å². The van der Waals surface area contributed by atoms with E-state index in [2.05, 4.69) is 4.98 Å². The first-order valence-corrected chi connectivity index (χ1v) is 8.96. The van der Waals surface area contributed by atoms with Crippen LogP contribution in [0.1, 0.15) is 30.3 Å². The van der Waals surface area contributed by atoms with E-state index in [1.165, 1.54) is 11.3 Å². The molecule has 1 aromatic carbocycles. The van der Waals surface area contributed by atoms with Gasteiger partial charge in [-0.05, 0) is 31.9 Å². The van der Waals surface area contributed by atoms with Crippen LogP contribution in [-0.4, -0.2) is 32.8 Å². The fourth-order valence-corrected chi connectivity index (χ4v) is 3.77. The maximum Gasteiger partial charge on any atom is 0.271 e. The summed E-state index contributed by atoms with van der Waals surface area (Å²) in [5.41, 5.74) is 2.56. The number of fused-ring (bicyclic) bond motifs is 1. The molecule has 3 aromatic rings. The van der Waals surface area contributed by atoms with Crippen LogP contribution < -0.4 is 0 Å². The summed E-state index contributed by atoms with van der Waals surface area (Å²) >= 11 is 7.44. The number of hydrogen-bond donors (Lipinski definition) is 0. The minimum absolute atomic E-state index is 0.0984. The maximum atomic E-state index is 12.8. The Kier molecular flexibility index (Phi) is 3.62. The highest BCUT2D eigenvalue weighted by Crippen LogP contribution is 2.30. The molecule has 0 spiro atoms. The van der Waals surface area contributed by atoms with Crippen molar-refractivity contribution in [2.45, 2.75) is 25.8 Å². The SMILES string of the molecule is CCN(C(=O)c1csc2nc(-c3ccc(Cl)cc3)cn12)C1CC1. The summed E-state index contributed by atoms with van der Waals surface area (Å²) in [5.74, 6) is 0.0984. The van der Waals surface area contributed by atoms with Gasteiger partial charge in [0.15, 0.2) is 4.96 Å². The lowest BCUT2D eigenvalue weighted by atomic mass is 10.2. The molecule has 0 N–H and O–H groups in total. The molecule has 2 heterocycles. The summed E-state index contributed by atoms with van der Waals surface area (Å²) in [6, 6.07) is 8.00. The topological polar surface area (TPSA) is 37.6 Å². The number of hydrogen-bond acceptors (Lipinski definition) is 3. The number of halogens is 1. The number of nitrogens with zero attached hydrogens (tertiary/aromatic N) is 3. The summed E-state index contributed by atoms with van der Waals surface area (Å²) in [7, 11) is 0. The highest BCUT2D eigenvalue weighted by atomic mass is 35.5. The van der Waals surface area contributed by atoms with Crippen molar-refractivity contribution in [2.75, 3.05) is 6.54 Å². The van der Waals surface area contributed by atoms with Crippen molar-refractivity contribution in [3.63, 3.8) is 0 Å². The van der Waals surface area contributed by atoms with E-state index < -0.39 is 0 Å². The van der Waals surface area contributed by atoms with Gasteiger partial charge in [0, 0.05) is 34.7 Å². The molecule has 1 aliphatic rings. The molecule has 0 radical (unpaired) electrons. The summed E-state index contributed by atoms with van der Waals surface area (Å²) in [5, 5.41) is 2.61. The van der Waals surface area contributed by atoms with Gasteiger partial charge in [-0.25, -0.2) is 4.98 Å². The number of carbonyl (C=O) groups is 1. The second kappa shape index (κ2) is 5.65. The molecule has 2 aromatic heterocycles. The lowest BCUT2D eigenvalue weighted by Crippen LogP contribution is -2.33. The zero-order valence-electron chi connectivity index (χ0n) is 12.7. The molecule has 0 bridgehead atoms. The van der Waals surface area contributed by atoms with Crippen LogP contribution in [0.25, 0.3) is 16.2 Å². The molecule has 4 nitrogen and oxygen atoms in total. The van der Waals surface area contributed by atoms with Gasteiger partial charge in [0.1, 0.15) is 5.69 Å². The van der Waals surface area contributed by atoms with Gasteiger partial charge >= 0.3 is 0 Å². The number of benzene rings is 1. The second-order valence-electron chi connectivity index (χ2n) is 5.73. The summed E-state index contributed by atoms with van der Waals surface area (Å²) in [4.78, 5) is 20.2. The van der Waals surface area contributed by atoms with Crippen molar-refractivity contribution in [2.24, 2.45) is 0 Å². The smallest absolute Gasteiger partial charge is 0.271 e. The van der Waals surface area contributed by atoms with E-state index in [-0.39, 0.29) is 5.91 Å². The van der Waals surface area contributed by atoms with Crippen molar-refractivity contribution in [1.82, 2.24) is 14.3 Å². The number of imidazole rings is 1. The largest absolute Gasteiger partial charge is 0.335 e. The highest BCUT2D eigenvalue weighted by Gasteiger charge is 2.33. The van der Waals surface area contributed by atoms with Gasteiger partial charge in [-0.1, -0.05) is 23.7 Å². The van der Waals surface area contributed by atoms with E-state index in [1.54, 1.807) is 0 Å². The molecule has 0 atom stereocenters. The van der Waals surface area contributed by atoms with Crippen molar-refractivity contribution < 1.29 is 4.79 Å². The van der Waals surface area contributed by atoms with Crippen LogP contribution in [0.15, 0.2) is 35.8 Å². The average molecular weight is 346 g/mol. The summed E-state index contributed by atoms with van der Waals surface area (Å²) in [6.45, 7) is 2.78. The molecule has 0 unspecified atom stereocenters. The number of aromatic nitrogens is 2. The predicted octanol–water partition coefficient (Wildman–Crippen LogP) is 4.34. The van der Waals surface area contributed by atoms with Crippen molar-refractivity contribution in [3.8, 4) is 11.3 Å². The molecular weight excluding hydrogens is 330 g/mol. The van der Waals surface area contributed by atoms with Crippen molar-refractivity contribution in [3.05, 3.63) is 46.6 Å². The van der Waals surface area contributed by atoms with Gasteiger partial charge in [0.25, 0.3) is 5.91 Å². The minimum atomic E-state index is 0.0984. The third-order valence-corrected chi connectivity index (χ3v) is 5.25. The molecule has 6 heteroatoms. The van der Waals surface area contributed by atoms with Crippen molar-refractivity contribution in [1.29, 1.82) is 0 Å². The third kappa shape index (κ3) is 2.64. The molecule has 0 aliphatic heterocycles. The first kappa shape index (κ1) is 14.7. The van der Waals surface area contributed by atoms with E-state index in [1.807, 2.05) is 52.1 Å². The Morgan fingerprint density at radius 2 is 2.13 bits per heavy atom. The molecule has 118 valence electrons. The molecule has 4 rings (SSSR count). The number of amides is 1. The Bertz CT molecular complexity index is 864. The molecule has 1 saturated carbocycles. The predicted molar refractivity (Wildman–Crippen MR) is 93.2 cm³/mol. The number of rotatable bonds is 4. The first-order valence-electron chi connectivity index (χ1n) is 7.71. The van der Waals surface area contributed by atoms with Crippen LogP contribution in [0.2, 0.25) is 5.02 Å². The Labute approximate surface area is 143 Å². The van der Waals surface area contributed by atoms with Crippen LogP contribution in [0.5, 0.6) is 0 Å². The molecule has 1 fully saturated rings. The van der Waals surface area contributed by atoms with Crippen LogP contribution in [-0.2, 0) is 0 Å². The molecular formula is C17H16ClN3OS. The van der Waals surface area contributed by atoms with E-state index in [9.17, 15) is 4.79 Å². The highest BCUT2D eigenvalue weighted by molar-refractivity contribution is 7.15. The van der Waals surface area contributed by atoms with Gasteiger partial charge in [-0.2, -0.15) is 0 Å². The number of carbonyl (C=O) groups excluding carboxylic acids is 1. The lowest BCUT2D eigenvalue weighted by Gasteiger charge is -2.19. The zero-order chi connectivity index (χ0) is 16.0. The van der Waals surface area contributed by atoms with E-state index >= 15 is 0 Å². The molecule has 1 aliphatic carbocycles. The summed E-state index contributed by atoms with van der Waals surface area (Å²) < 4.78 is 1.90. The maximum absolute atomic E-state index is 12.8. The van der Waals surface area contributed by atoms with Gasteiger partial charge in [-0.15, -0.1) is 11.3 Å². The Morgan fingerprint density at radius 3 is 2.78 bits per heavy atom. The first-order chi connectivity index (χ1) is 11.2. The molecule has 1 amide bonds. The fraction of sp³-hybridized carbons (Fsp3) is 0.294. The Hall–Kier alpha value is -1.85.